The summed E-state index contributed by atoms with van der Waals surface area (Å²) in [5.74, 6) is 0.929. The first kappa shape index (κ1) is 32.3. The lowest BCUT2D eigenvalue weighted by molar-refractivity contribution is 0.749. The van der Waals surface area contributed by atoms with Gasteiger partial charge in [-0.3, -0.25) is 4.57 Å². The highest BCUT2D eigenvalue weighted by Gasteiger charge is 2.50. The molecule has 0 saturated carbocycles. The van der Waals surface area contributed by atoms with Gasteiger partial charge in [0, 0.05) is 22.0 Å². The van der Waals surface area contributed by atoms with Gasteiger partial charge in [0.1, 0.15) is 5.82 Å². The topological polar surface area (TPSA) is 22.8 Å². The molecule has 1 spiro atoms. The van der Waals surface area contributed by atoms with Crippen LogP contribution in [-0.4, -0.2) is 14.1 Å². The van der Waals surface area contributed by atoms with Crippen LogP contribution in [0.1, 0.15) is 22.3 Å². The summed E-state index contributed by atoms with van der Waals surface area (Å²) in [4.78, 5) is 5.18. The Morgan fingerprint density at radius 1 is 0.356 bits per heavy atom. The Labute approximate surface area is 341 Å². The Balaban J connectivity index is 0.976. The van der Waals surface area contributed by atoms with Gasteiger partial charge >= 0.3 is 0 Å². The minimum atomic E-state index is -0.483. The van der Waals surface area contributed by atoms with Crippen molar-refractivity contribution in [3.63, 3.8) is 0 Å². The highest BCUT2D eigenvalue weighted by molar-refractivity contribution is 6.13. The molecule has 2 aliphatic rings. The predicted molar refractivity (Wildman–Crippen MR) is 243 cm³/mol. The second kappa shape index (κ2) is 12.1. The molecule has 1 aliphatic carbocycles. The Bertz CT molecular complexity index is 3480. The Morgan fingerprint density at radius 2 is 0.949 bits per heavy atom. The van der Waals surface area contributed by atoms with Crippen LogP contribution in [0.4, 0.5) is 0 Å². The van der Waals surface area contributed by atoms with Crippen LogP contribution in [0, 0.1) is 0 Å². The minimum absolute atomic E-state index is 0.483. The summed E-state index contributed by atoms with van der Waals surface area (Å²) in [5, 5.41) is 2.58. The van der Waals surface area contributed by atoms with Gasteiger partial charge in [0.15, 0.2) is 0 Å². The van der Waals surface area contributed by atoms with E-state index in [4.69, 9.17) is 4.98 Å². The number of hydrogen-bond acceptors (Lipinski definition) is 1. The predicted octanol–water partition coefficient (Wildman–Crippen LogP) is 13.8. The number of benzene rings is 9. The summed E-state index contributed by atoms with van der Waals surface area (Å²) in [5.41, 5.74) is 20.2. The zero-order valence-electron chi connectivity index (χ0n) is 32.0. The van der Waals surface area contributed by atoms with E-state index in [1.54, 1.807) is 0 Å². The van der Waals surface area contributed by atoms with Crippen molar-refractivity contribution in [3.8, 4) is 56.1 Å². The van der Waals surface area contributed by atoms with Gasteiger partial charge in [0.25, 0.3) is 0 Å². The van der Waals surface area contributed by atoms with Gasteiger partial charge in [-0.1, -0.05) is 170 Å². The highest BCUT2D eigenvalue weighted by atomic mass is 15.1. The first-order valence-electron chi connectivity index (χ1n) is 20.4. The lowest BCUT2D eigenvalue weighted by Crippen LogP contribution is -2.33. The molecule has 1 atom stereocenters. The Morgan fingerprint density at radius 3 is 1.81 bits per heavy atom. The molecule has 274 valence electrons. The summed E-state index contributed by atoms with van der Waals surface area (Å²) in [6.07, 6.45) is 0. The summed E-state index contributed by atoms with van der Waals surface area (Å²) in [7, 11) is 0. The molecular formula is C56H35N3. The molecule has 1 aliphatic heterocycles. The van der Waals surface area contributed by atoms with Crippen LogP contribution in [0.15, 0.2) is 212 Å². The molecule has 2 aromatic heterocycles. The molecule has 0 radical (unpaired) electrons. The molecule has 0 fully saturated rings. The Kier molecular flexibility index (Phi) is 6.65. The molecule has 3 nitrogen and oxygen atoms in total. The van der Waals surface area contributed by atoms with E-state index in [2.05, 4.69) is 221 Å². The normalized spacial score (nSPS) is 14.8. The average Bonchev–Trinajstić information content (AvgIpc) is 3.96. The minimum Gasteiger partial charge on any atom is -0.309 e. The zero-order chi connectivity index (χ0) is 38.7. The fourth-order valence-corrected chi connectivity index (χ4v) is 10.5. The van der Waals surface area contributed by atoms with Crippen LogP contribution in [0.2, 0.25) is 0 Å². The van der Waals surface area contributed by atoms with Crippen LogP contribution in [0.5, 0.6) is 0 Å². The zero-order valence-corrected chi connectivity index (χ0v) is 32.0. The molecule has 0 amide bonds. The largest absolute Gasteiger partial charge is 0.309 e. The molecular weight excluding hydrogens is 715 g/mol. The standard InChI is InChI=1S/C56H35N3/c1-2-13-36(14-3-1)37-25-27-39(28-26-37)55-57-50-21-8-11-24-53(50)58(55)41-32-29-38(30-33-41)40-31-34-43-42-15-4-6-18-46(42)56(49(43)35-40)47-19-7-10-23-52(47)59-51-22-9-5-16-44(51)45-17-12-20-48(56)54(45)59/h1-35H. The SMILES string of the molecule is c1ccc(-c2ccc(-c3nc4ccccc4n3-c3ccc(-c4ccc5c(c4)C4(c6ccccc6-5)c5ccccc5-n5c6ccccc6c6cccc4c65)cc3)cc2)cc1. The third-order valence-electron chi connectivity index (χ3n) is 13.0. The number of hydrogen-bond donors (Lipinski definition) is 0. The van der Waals surface area contributed by atoms with Gasteiger partial charge < -0.3 is 4.57 Å². The van der Waals surface area contributed by atoms with Crippen LogP contribution < -0.4 is 0 Å². The van der Waals surface area contributed by atoms with Crippen molar-refractivity contribution in [1.82, 2.24) is 14.1 Å². The molecule has 3 heterocycles. The summed E-state index contributed by atoms with van der Waals surface area (Å²) < 4.78 is 4.80. The molecule has 3 heteroatoms. The van der Waals surface area contributed by atoms with E-state index >= 15 is 0 Å². The van der Waals surface area contributed by atoms with Gasteiger partial charge in [-0.25, -0.2) is 4.98 Å². The molecule has 9 aromatic carbocycles. The van der Waals surface area contributed by atoms with Crippen LogP contribution >= 0.6 is 0 Å². The Hall–Kier alpha value is -7.75. The molecule has 0 N–H and O–H groups in total. The monoisotopic (exact) mass is 749 g/mol. The van der Waals surface area contributed by atoms with Crippen molar-refractivity contribution in [2.75, 3.05) is 0 Å². The maximum absolute atomic E-state index is 5.18. The number of fused-ring (bicyclic) bond motifs is 13. The molecule has 59 heavy (non-hydrogen) atoms. The van der Waals surface area contributed by atoms with Crippen molar-refractivity contribution < 1.29 is 0 Å². The van der Waals surface area contributed by atoms with Crippen molar-refractivity contribution >= 4 is 32.8 Å². The molecule has 1 unspecified atom stereocenters. The third kappa shape index (κ3) is 4.39. The van der Waals surface area contributed by atoms with E-state index in [9.17, 15) is 0 Å². The van der Waals surface area contributed by atoms with Gasteiger partial charge in [0.2, 0.25) is 0 Å². The van der Waals surface area contributed by atoms with E-state index < -0.39 is 5.41 Å². The van der Waals surface area contributed by atoms with Crippen LogP contribution in [-0.2, 0) is 5.41 Å². The van der Waals surface area contributed by atoms with E-state index in [1.165, 1.54) is 83.1 Å². The first-order valence-corrected chi connectivity index (χ1v) is 20.4. The van der Waals surface area contributed by atoms with Gasteiger partial charge in [0.05, 0.1) is 33.2 Å². The molecule has 0 saturated heterocycles. The third-order valence-corrected chi connectivity index (χ3v) is 13.0. The van der Waals surface area contributed by atoms with Crippen molar-refractivity contribution in [1.29, 1.82) is 0 Å². The van der Waals surface area contributed by atoms with E-state index in [0.29, 0.717) is 0 Å². The number of para-hydroxylation sites is 5. The van der Waals surface area contributed by atoms with Crippen molar-refractivity contribution in [3.05, 3.63) is 235 Å². The molecule has 13 rings (SSSR count). The van der Waals surface area contributed by atoms with Gasteiger partial charge in [-0.2, -0.15) is 0 Å². The lowest BCUT2D eigenvalue weighted by atomic mass is 9.65. The smallest absolute Gasteiger partial charge is 0.145 e. The summed E-state index contributed by atoms with van der Waals surface area (Å²) in [6.45, 7) is 0. The van der Waals surface area contributed by atoms with E-state index in [1.807, 2.05) is 0 Å². The summed E-state index contributed by atoms with van der Waals surface area (Å²) in [6, 6.07) is 77.9. The maximum atomic E-state index is 5.18. The summed E-state index contributed by atoms with van der Waals surface area (Å²) >= 11 is 0. The number of rotatable bonds is 4. The fourth-order valence-electron chi connectivity index (χ4n) is 10.5. The molecule has 0 bridgehead atoms. The maximum Gasteiger partial charge on any atom is 0.145 e. The number of nitrogens with zero attached hydrogens (tertiary/aromatic N) is 3. The van der Waals surface area contributed by atoms with Crippen molar-refractivity contribution in [2.24, 2.45) is 0 Å². The highest BCUT2D eigenvalue weighted by Crippen LogP contribution is 2.61. The lowest BCUT2D eigenvalue weighted by Gasteiger charge is -2.39. The second-order valence-electron chi connectivity index (χ2n) is 15.9. The number of aromatic nitrogens is 3. The van der Waals surface area contributed by atoms with Gasteiger partial charge in [-0.15, -0.1) is 0 Å². The van der Waals surface area contributed by atoms with Crippen molar-refractivity contribution in [2.45, 2.75) is 5.41 Å². The molecule has 11 aromatic rings. The van der Waals surface area contributed by atoms with Gasteiger partial charge in [-0.05, 0) is 98.1 Å². The van der Waals surface area contributed by atoms with Crippen LogP contribution in [0.25, 0.3) is 89.0 Å². The fraction of sp³-hybridized carbons (Fsp3) is 0.0179. The van der Waals surface area contributed by atoms with E-state index in [-0.39, 0.29) is 0 Å². The quantitative estimate of drug-likeness (QED) is 0.176. The first-order chi connectivity index (χ1) is 29.3. The van der Waals surface area contributed by atoms with E-state index in [0.717, 1.165) is 28.1 Å². The second-order valence-corrected chi connectivity index (χ2v) is 15.9. The number of imidazole rings is 1. The van der Waals surface area contributed by atoms with Crippen LogP contribution in [0.3, 0.4) is 0 Å². The average molecular weight is 750 g/mol.